The van der Waals surface area contributed by atoms with E-state index < -0.39 is 5.60 Å². The summed E-state index contributed by atoms with van der Waals surface area (Å²) in [6.45, 7) is 1.34. The lowest BCUT2D eigenvalue weighted by molar-refractivity contribution is -0.126. The van der Waals surface area contributed by atoms with E-state index in [0.717, 1.165) is 50.0 Å². The fourth-order valence-electron chi connectivity index (χ4n) is 5.01. The van der Waals surface area contributed by atoms with E-state index in [-0.39, 0.29) is 17.8 Å². The van der Waals surface area contributed by atoms with Crippen LogP contribution in [-0.2, 0) is 6.54 Å². The third kappa shape index (κ3) is 3.61. The van der Waals surface area contributed by atoms with Crippen LogP contribution < -0.4 is 4.74 Å². The van der Waals surface area contributed by atoms with Gasteiger partial charge in [0.25, 0.3) is 0 Å². The zero-order valence-corrected chi connectivity index (χ0v) is 15.9. The average molecular weight is 369 g/mol. The number of hydrogen-bond acceptors (Lipinski definition) is 3. The monoisotopic (exact) mass is 369 g/mol. The SMILES string of the molecule is COc1ccc(C2[C@@H]3CCCC[C@]3(O)CCN2Cc2ccccc2F)cc1. The van der Waals surface area contributed by atoms with Crippen LogP contribution in [0.3, 0.4) is 0 Å². The Bertz CT molecular complexity index is 778. The molecule has 1 unspecified atom stereocenters. The molecule has 2 aromatic carbocycles. The maximum Gasteiger partial charge on any atom is 0.127 e. The Balaban J connectivity index is 1.69. The predicted molar refractivity (Wildman–Crippen MR) is 104 cm³/mol. The van der Waals surface area contributed by atoms with Crippen molar-refractivity contribution in [2.45, 2.75) is 50.3 Å². The Morgan fingerprint density at radius 2 is 1.89 bits per heavy atom. The third-order valence-electron chi connectivity index (χ3n) is 6.46. The summed E-state index contributed by atoms with van der Waals surface area (Å²) in [5.41, 5.74) is 1.30. The van der Waals surface area contributed by atoms with Gasteiger partial charge in [-0.3, -0.25) is 4.90 Å². The summed E-state index contributed by atoms with van der Waals surface area (Å²) in [6.07, 6.45) is 4.89. The van der Waals surface area contributed by atoms with Crippen LogP contribution in [0.15, 0.2) is 48.5 Å². The van der Waals surface area contributed by atoms with Gasteiger partial charge in [0.05, 0.1) is 12.7 Å². The lowest BCUT2D eigenvalue weighted by atomic mass is 9.66. The molecule has 1 saturated heterocycles. The number of likely N-dealkylation sites (tertiary alicyclic amines) is 1. The predicted octanol–water partition coefficient (Wildman–Crippen LogP) is 4.70. The van der Waals surface area contributed by atoms with Crippen molar-refractivity contribution in [2.24, 2.45) is 5.92 Å². The number of methoxy groups -OCH3 is 1. The molecule has 27 heavy (non-hydrogen) atoms. The molecule has 3 atom stereocenters. The first kappa shape index (κ1) is 18.5. The minimum absolute atomic E-state index is 0.0922. The molecular formula is C23H28FNO2. The van der Waals surface area contributed by atoms with Gasteiger partial charge in [-0.2, -0.15) is 0 Å². The van der Waals surface area contributed by atoms with Crippen molar-refractivity contribution in [3.8, 4) is 5.75 Å². The van der Waals surface area contributed by atoms with Crippen LogP contribution in [0, 0.1) is 11.7 Å². The topological polar surface area (TPSA) is 32.7 Å². The lowest BCUT2D eigenvalue weighted by Gasteiger charge is -2.52. The van der Waals surface area contributed by atoms with E-state index >= 15 is 0 Å². The fraction of sp³-hybridized carbons (Fsp3) is 0.478. The summed E-state index contributed by atoms with van der Waals surface area (Å²) in [5.74, 6) is 0.852. The molecule has 1 N–H and O–H groups in total. The van der Waals surface area contributed by atoms with Crippen LogP contribution in [0.1, 0.15) is 49.3 Å². The van der Waals surface area contributed by atoms with Crippen molar-refractivity contribution < 1.29 is 14.2 Å². The Labute approximate surface area is 160 Å². The van der Waals surface area contributed by atoms with Gasteiger partial charge in [-0.25, -0.2) is 4.39 Å². The van der Waals surface area contributed by atoms with Crippen molar-refractivity contribution in [1.29, 1.82) is 0 Å². The highest BCUT2D eigenvalue weighted by molar-refractivity contribution is 5.31. The van der Waals surface area contributed by atoms with E-state index in [2.05, 4.69) is 17.0 Å². The van der Waals surface area contributed by atoms with Crippen LogP contribution in [0.25, 0.3) is 0 Å². The van der Waals surface area contributed by atoms with Gasteiger partial charge in [0.1, 0.15) is 11.6 Å². The van der Waals surface area contributed by atoms with Crippen LogP contribution in [0.5, 0.6) is 5.75 Å². The molecule has 3 nitrogen and oxygen atoms in total. The molecule has 144 valence electrons. The van der Waals surface area contributed by atoms with Crippen molar-refractivity contribution in [1.82, 2.24) is 4.90 Å². The third-order valence-corrected chi connectivity index (χ3v) is 6.46. The van der Waals surface area contributed by atoms with Gasteiger partial charge >= 0.3 is 0 Å². The van der Waals surface area contributed by atoms with Gasteiger partial charge < -0.3 is 9.84 Å². The zero-order chi connectivity index (χ0) is 18.9. The Morgan fingerprint density at radius 3 is 2.63 bits per heavy atom. The summed E-state index contributed by atoms with van der Waals surface area (Å²) >= 11 is 0. The molecule has 4 rings (SSSR count). The number of aliphatic hydroxyl groups is 1. The molecule has 0 radical (unpaired) electrons. The highest BCUT2D eigenvalue weighted by Gasteiger charge is 2.48. The Hall–Kier alpha value is -1.91. The molecule has 2 aromatic rings. The molecule has 0 bridgehead atoms. The van der Waals surface area contributed by atoms with Gasteiger partial charge in [0, 0.05) is 30.6 Å². The number of rotatable bonds is 4. The van der Waals surface area contributed by atoms with E-state index in [1.807, 2.05) is 24.3 Å². The highest BCUT2D eigenvalue weighted by Crippen LogP contribution is 2.49. The fourth-order valence-corrected chi connectivity index (χ4v) is 5.01. The second kappa shape index (κ2) is 7.61. The molecule has 2 fully saturated rings. The minimum Gasteiger partial charge on any atom is -0.497 e. The molecular weight excluding hydrogens is 341 g/mol. The summed E-state index contributed by atoms with van der Waals surface area (Å²) in [6, 6.07) is 15.3. The Morgan fingerprint density at radius 1 is 1.11 bits per heavy atom. The number of benzene rings is 2. The number of hydrogen-bond donors (Lipinski definition) is 1. The summed E-state index contributed by atoms with van der Waals surface area (Å²) in [5, 5.41) is 11.3. The first-order valence-corrected chi connectivity index (χ1v) is 9.94. The first-order chi connectivity index (χ1) is 13.1. The molecule has 1 aliphatic heterocycles. The summed E-state index contributed by atoms with van der Waals surface area (Å²) < 4.78 is 19.6. The zero-order valence-electron chi connectivity index (χ0n) is 15.9. The first-order valence-electron chi connectivity index (χ1n) is 9.94. The molecule has 0 amide bonds. The van der Waals surface area contributed by atoms with Gasteiger partial charge in [-0.15, -0.1) is 0 Å². The second-order valence-electron chi connectivity index (χ2n) is 7.99. The number of halogens is 1. The number of piperidine rings is 1. The van der Waals surface area contributed by atoms with Gasteiger partial charge in [0.2, 0.25) is 0 Å². The maximum atomic E-state index is 14.3. The molecule has 1 aliphatic carbocycles. The molecule has 4 heteroatoms. The van der Waals surface area contributed by atoms with Crippen molar-refractivity contribution >= 4 is 0 Å². The van der Waals surface area contributed by atoms with Gasteiger partial charge in [-0.05, 0) is 43.0 Å². The molecule has 0 aromatic heterocycles. The number of fused-ring (bicyclic) bond motifs is 1. The van der Waals surface area contributed by atoms with Crippen LogP contribution in [-0.4, -0.2) is 29.3 Å². The van der Waals surface area contributed by atoms with E-state index in [9.17, 15) is 9.50 Å². The van der Waals surface area contributed by atoms with Crippen LogP contribution in [0.4, 0.5) is 4.39 Å². The average Bonchev–Trinajstić information content (AvgIpc) is 2.70. The lowest BCUT2D eigenvalue weighted by Crippen LogP contribution is -2.54. The van der Waals surface area contributed by atoms with Gasteiger partial charge in [-0.1, -0.05) is 43.2 Å². The smallest absolute Gasteiger partial charge is 0.127 e. The van der Waals surface area contributed by atoms with E-state index in [1.165, 1.54) is 11.6 Å². The van der Waals surface area contributed by atoms with E-state index in [0.29, 0.717) is 6.54 Å². The minimum atomic E-state index is -0.603. The second-order valence-corrected chi connectivity index (χ2v) is 7.99. The van der Waals surface area contributed by atoms with Crippen LogP contribution in [0.2, 0.25) is 0 Å². The molecule has 1 saturated carbocycles. The Kier molecular flexibility index (Phi) is 5.20. The number of nitrogens with zero attached hydrogens (tertiary/aromatic N) is 1. The largest absolute Gasteiger partial charge is 0.497 e. The van der Waals surface area contributed by atoms with E-state index in [4.69, 9.17) is 4.74 Å². The van der Waals surface area contributed by atoms with Crippen molar-refractivity contribution in [3.63, 3.8) is 0 Å². The van der Waals surface area contributed by atoms with Crippen molar-refractivity contribution in [2.75, 3.05) is 13.7 Å². The van der Waals surface area contributed by atoms with Gasteiger partial charge in [0.15, 0.2) is 0 Å². The quantitative estimate of drug-likeness (QED) is 0.848. The maximum absolute atomic E-state index is 14.3. The molecule has 0 spiro atoms. The molecule has 2 aliphatic rings. The summed E-state index contributed by atoms with van der Waals surface area (Å²) in [7, 11) is 1.67. The number of ether oxygens (including phenoxy) is 1. The molecule has 1 heterocycles. The summed E-state index contributed by atoms with van der Waals surface area (Å²) in [4.78, 5) is 2.35. The highest BCUT2D eigenvalue weighted by atomic mass is 19.1. The van der Waals surface area contributed by atoms with Crippen LogP contribution >= 0.6 is 0 Å². The normalized spacial score (nSPS) is 28.6. The van der Waals surface area contributed by atoms with Crippen molar-refractivity contribution in [3.05, 3.63) is 65.5 Å². The standard InChI is InChI=1S/C23H28FNO2/c1-27-19-11-9-17(10-12-19)22-20-7-4-5-13-23(20,26)14-15-25(22)16-18-6-2-3-8-21(18)24/h2-3,6,8-12,20,22,26H,4-5,7,13-16H2,1H3/t20-,22?,23-/m0/s1. The van der Waals surface area contributed by atoms with E-state index in [1.54, 1.807) is 13.2 Å².